The smallest absolute Gasteiger partial charge is 0.502 e. The molecule has 0 fully saturated rings. The molecular formula is C15H12KNO. The van der Waals surface area contributed by atoms with E-state index in [-0.39, 0.29) is 51.4 Å². The van der Waals surface area contributed by atoms with Gasteiger partial charge in [-0.3, -0.25) is 0 Å². The largest absolute Gasteiger partial charge is 1.00 e. The molecule has 3 aromatic rings. The zero-order valence-corrected chi connectivity index (χ0v) is 13.4. The number of aromatic nitrogens is 1. The normalized spacial score (nSPS) is 10.0. The van der Waals surface area contributed by atoms with E-state index in [9.17, 15) is 0 Å². The molecule has 3 heteroatoms. The van der Waals surface area contributed by atoms with Gasteiger partial charge in [0.15, 0.2) is 0 Å². The summed E-state index contributed by atoms with van der Waals surface area (Å²) in [7, 11) is 0. The standard InChI is InChI=1S/C15H12NO.K/c1-2-4-12(5-3-1)11-17-14-6-7-15-13(10-14)8-9-16-15;/h1-7,9-10,16H,11H2;/q-1;+1. The number of H-pyrrole nitrogens is 1. The summed E-state index contributed by atoms with van der Waals surface area (Å²) in [6, 6.07) is 19.2. The van der Waals surface area contributed by atoms with E-state index in [1.807, 2.05) is 42.6 Å². The molecule has 1 aromatic heterocycles. The van der Waals surface area contributed by atoms with Gasteiger partial charge in [-0.15, -0.1) is 6.07 Å². The van der Waals surface area contributed by atoms with Crippen molar-refractivity contribution in [2.75, 3.05) is 0 Å². The Labute approximate surface area is 149 Å². The predicted octanol–water partition coefficient (Wildman–Crippen LogP) is 0.551. The topological polar surface area (TPSA) is 25.0 Å². The van der Waals surface area contributed by atoms with E-state index in [2.05, 4.69) is 23.2 Å². The van der Waals surface area contributed by atoms with Crippen LogP contribution in [0.5, 0.6) is 5.75 Å². The summed E-state index contributed by atoms with van der Waals surface area (Å²) < 4.78 is 5.74. The van der Waals surface area contributed by atoms with Crippen molar-refractivity contribution in [2.24, 2.45) is 0 Å². The molecule has 0 bridgehead atoms. The number of ether oxygens (including phenoxy) is 1. The first-order chi connectivity index (χ1) is 8.42. The summed E-state index contributed by atoms with van der Waals surface area (Å²) in [5, 5.41) is 1.05. The van der Waals surface area contributed by atoms with Crippen molar-refractivity contribution in [1.29, 1.82) is 0 Å². The van der Waals surface area contributed by atoms with Gasteiger partial charge in [-0.2, -0.15) is 11.5 Å². The quantitative estimate of drug-likeness (QED) is 0.540. The van der Waals surface area contributed by atoms with E-state index in [1.54, 1.807) is 0 Å². The number of aromatic amines is 1. The third kappa shape index (κ3) is 3.25. The summed E-state index contributed by atoms with van der Waals surface area (Å²) in [5.74, 6) is 0.872. The predicted molar refractivity (Wildman–Crippen MR) is 67.9 cm³/mol. The molecule has 0 saturated carbocycles. The molecule has 1 heterocycles. The molecule has 18 heavy (non-hydrogen) atoms. The zero-order chi connectivity index (χ0) is 11.5. The summed E-state index contributed by atoms with van der Waals surface area (Å²) in [4.78, 5) is 3.11. The van der Waals surface area contributed by atoms with Crippen molar-refractivity contribution in [2.45, 2.75) is 6.61 Å². The van der Waals surface area contributed by atoms with Gasteiger partial charge in [0.2, 0.25) is 0 Å². The third-order valence-corrected chi connectivity index (χ3v) is 2.69. The van der Waals surface area contributed by atoms with Crippen molar-refractivity contribution in [3.63, 3.8) is 0 Å². The molecule has 0 saturated heterocycles. The van der Waals surface area contributed by atoms with E-state index >= 15 is 0 Å². The molecule has 2 nitrogen and oxygen atoms in total. The van der Waals surface area contributed by atoms with Crippen LogP contribution in [0.25, 0.3) is 10.9 Å². The molecule has 0 aliphatic carbocycles. The van der Waals surface area contributed by atoms with Gasteiger partial charge >= 0.3 is 51.4 Å². The van der Waals surface area contributed by atoms with Gasteiger partial charge in [0, 0.05) is 0 Å². The Kier molecular flexibility index (Phi) is 5.03. The fraction of sp³-hybridized carbons (Fsp3) is 0.0667. The van der Waals surface area contributed by atoms with Gasteiger partial charge in [0.05, 0.1) is 5.75 Å². The number of nitrogens with one attached hydrogen (secondary N) is 1. The number of rotatable bonds is 3. The summed E-state index contributed by atoms with van der Waals surface area (Å²) >= 11 is 0. The minimum Gasteiger partial charge on any atom is -0.502 e. The average molecular weight is 261 g/mol. The van der Waals surface area contributed by atoms with Crippen LogP contribution in [-0.2, 0) is 6.61 Å². The van der Waals surface area contributed by atoms with Gasteiger partial charge in [-0.05, 0) is 11.6 Å². The maximum absolute atomic E-state index is 5.74. The van der Waals surface area contributed by atoms with Gasteiger partial charge in [0.25, 0.3) is 0 Å². The number of benzene rings is 2. The Hall–Kier alpha value is -0.584. The molecule has 0 unspecified atom stereocenters. The van der Waals surface area contributed by atoms with Crippen LogP contribution in [0.4, 0.5) is 0 Å². The van der Waals surface area contributed by atoms with Gasteiger partial charge in [-0.25, -0.2) is 0 Å². The molecule has 0 aliphatic heterocycles. The molecular weight excluding hydrogens is 249 g/mol. The van der Waals surface area contributed by atoms with Crippen LogP contribution in [0.15, 0.2) is 54.7 Å². The summed E-state index contributed by atoms with van der Waals surface area (Å²) in [6.45, 7) is 0.594. The van der Waals surface area contributed by atoms with Gasteiger partial charge < -0.3 is 9.72 Å². The van der Waals surface area contributed by atoms with E-state index < -0.39 is 0 Å². The monoisotopic (exact) mass is 261 g/mol. The first kappa shape index (κ1) is 13.8. The Morgan fingerprint density at radius 2 is 1.89 bits per heavy atom. The number of fused-ring (bicyclic) bond motifs is 1. The molecule has 84 valence electrons. The molecule has 2 aromatic carbocycles. The second kappa shape index (κ2) is 6.54. The SMILES string of the molecule is [K+].[c-]1c[nH]c2ccc(OCc3ccccc3)cc12. The second-order valence-corrected chi connectivity index (χ2v) is 3.91. The molecule has 0 radical (unpaired) electrons. The number of hydrogen-bond acceptors (Lipinski definition) is 1. The summed E-state index contributed by atoms with van der Waals surface area (Å²) in [5.41, 5.74) is 2.25. The van der Waals surface area contributed by atoms with Crippen molar-refractivity contribution in [3.8, 4) is 5.75 Å². The van der Waals surface area contributed by atoms with Crippen LogP contribution >= 0.6 is 0 Å². The van der Waals surface area contributed by atoms with E-state index in [4.69, 9.17) is 4.74 Å². The Morgan fingerprint density at radius 1 is 1.06 bits per heavy atom. The Morgan fingerprint density at radius 3 is 2.72 bits per heavy atom. The third-order valence-electron chi connectivity index (χ3n) is 2.69. The summed E-state index contributed by atoms with van der Waals surface area (Å²) in [6.07, 6.45) is 1.81. The molecule has 0 aliphatic rings. The van der Waals surface area contributed by atoms with Crippen molar-refractivity contribution in [3.05, 3.63) is 66.4 Å². The van der Waals surface area contributed by atoms with Crippen LogP contribution in [0.2, 0.25) is 0 Å². The Balaban J connectivity index is 0.00000120. The van der Waals surface area contributed by atoms with Crippen LogP contribution < -0.4 is 56.1 Å². The van der Waals surface area contributed by atoms with Crippen LogP contribution in [0.1, 0.15) is 5.56 Å². The minimum absolute atomic E-state index is 0. The average Bonchev–Trinajstić information content (AvgIpc) is 2.85. The second-order valence-electron chi connectivity index (χ2n) is 3.91. The van der Waals surface area contributed by atoms with Crippen molar-refractivity contribution >= 4 is 10.9 Å². The first-order valence-electron chi connectivity index (χ1n) is 5.57. The van der Waals surface area contributed by atoms with Crippen LogP contribution in [0, 0.1) is 6.07 Å². The van der Waals surface area contributed by atoms with Crippen LogP contribution in [-0.4, -0.2) is 4.98 Å². The first-order valence-corrected chi connectivity index (χ1v) is 5.57. The minimum atomic E-state index is 0. The van der Waals surface area contributed by atoms with Gasteiger partial charge in [-0.1, -0.05) is 48.1 Å². The van der Waals surface area contributed by atoms with Gasteiger partial charge in [0.1, 0.15) is 6.61 Å². The zero-order valence-electron chi connectivity index (χ0n) is 10.3. The Bertz CT molecular complexity index is 618. The maximum Gasteiger partial charge on any atom is 1.00 e. The molecule has 3 rings (SSSR count). The van der Waals surface area contributed by atoms with Crippen LogP contribution in [0.3, 0.4) is 0 Å². The molecule has 1 N–H and O–H groups in total. The van der Waals surface area contributed by atoms with E-state index in [0.717, 1.165) is 16.7 Å². The van der Waals surface area contributed by atoms with Crippen molar-refractivity contribution < 1.29 is 56.1 Å². The molecule has 0 amide bonds. The number of hydrogen-bond donors (Lipinski definition) is 1. The van der Waals surface area contributed by atoms with E-state index in [0.29, 0.717) is 6.61 Å². The fourth-order valence-electron chi connectivity index (χ4n) is 1.79. The van der Waals surface area contributed by atoms with E-state index in [1.165, 1.54) is 5.56 Å². The maximum atomic E-state index is 5.74. The molecule has 0 atom stereocenters. The van der Waals surface area contributed by atoms with Crippen molar-refractivity contribution in [1.82, 2.24) is 4.98 Å². The molecule has 0 spiro atoms. The fourth-order valence-corrected chi connectivity index (χ4v) is 1.79.